The Labute approximate surface area is 120 Å². The third-order valence-corrected chi connectivity index (χ3v) is 2.66. The van der Waals surface area contributed by atoms with Gasteiger partial charge in [-0.05, 0) is 6.92 Å². The Morgan fingerprint density at radius 2 is 1.24 bits per heavy atom. The molecule has 0 rings (SSSR count). The molecule has 21 heavy (non-hydrogen) atoms. The molecule has 0 bridgehead atoms. The zero-order valence-corrected chi connectivity index (χ0v) is 11.4. The highest BCUT2D eigenvalue weighted by Gasteiger charge is 2.24. The van der Waals surface area contributed by atoms with Crippen LogP contribution in [0.2, 0.25) is 0 Å². The number of hydrogen-bond acceptors (Lipinski definition) is 6. The van der Waals surface area contributed by atoms with Crippen molar-refractivity contribution in [2.24, 2.45) is 0 Å². The number of carboxylic acids is 4. The van der Waals surface area contributed by atoms with Crippen LogP contribution < -0.4 is 0 Å². The second-order valence-corrected chi connectivity index (χ2v) is 4.38. The van der Waals surface area contributed by atoms with Crippen molar-refractivity contribution in [1.29, 1.82) is 0 Å². The van der Waals surface area contributed by atoms with Gasteiger partial charge in [0.15, 0.2) is 0 Å². The second-order valence-electron chi connectivity index (χ2n) is 4.38. The van der Waals surface area contributed by atoms with E-state index in [2.05, 4.69) is 0 Å². The minimum Gasteiger partial charge on any atom is -0.480 e. The van der Waals surface area contributed by atoms with Crippen LogP contribution in [0.25, 0.3) is 0 Å². The van der Waals surface area contributed by atoms with E-state index >= 15 is 0 Å². The summed E-state index contributed by atoms with van der Waals surface area (Å²) in [5.74, 6) is -4.91. The van der Waals surface area contributed by atoms with E-state index in [9.17, 15) is 19.2 Å². The van der Waals surface area contributed by atoms with Gasteiger partial charge in [-0.25, -0.2) is 0 Å². The van der Waals surface area contributed by atoms with Crippen molar-refractivity contribution in [3.8, 4) is 0 Å². The second kappa shape index (κ2) is 8.87. The zero-order chi connectivity index (χ0) is 16.6. The molecule has 0 aliphatic heterocycles. The largest absolute Gasteiger partial charge is 0.480 e. The normalized spacial score (nSPS) is 12.3. The van der Waals surface area contributed by atoms with E-state index in [1.807, 2.05) is 0 Å². The molecule has 0 spiro atoms. The Morgan fingerprint density at radius 3 is 1.57 bits per heavy atom. The topological polar surface area (TPSA) is 156 Å². The highest BCUT2D eigenvalue weighted by molar-refractivity contribution is 5.75. The average Bonchev–Trinajstić information content (AvgIpc) is 2.31. The Hall–Kier alpha value is -2.20. The maximum absolute atomic E-state index is 10.9. The number of rotatable bonds is 11. The van der Waals surface area contributed by atoms with Crippen LogP contribution in [0, 0.1) is 0 Å². The molecule has 0 saturated carbocycles. The summed E-state index contributed by atoms with van der Waals surface area (Å²) in [6.45, 7) is -0.474. The Morgan fingerprint density at radius 1 is 0.810 bits per heavy atom. The van der Waals surface area contributed by atoms with E-state index < -0.39 is 49.6 Å². The number of carbonyl (C=O) groups is 4. The summed E-state index contributed by atoms with van der Waals surface area (Å²) in [6, 6.07) is -1.09. The van der Waals surface area contributed by atoms with Crippen LogP contribution in [0.5, 0.6) is 0 Å². The van der Waals surface area contributed by atoms with Gasteiger partial charge in [0.1, 0.15) is 6.04 Å². The first-order valence-electron chi connectivity index (χ1n) is 5.98. The molecule has 10 heteroatoms. The molecular weight excluding hydrogens is 292 g/mol. The van der Waals surface area contributed by atoms with Gasteiger partial charge >= 0.3 is 23.9 Å². The first kappa shape index (κ1) is 18.8. The number of aliphatic carboxylic acids is 4. The van der Waals surface area contributed by atoms with Gasteiger partial charge in [0.05, 0.1) is 19.6 Å². The fraction of sp³-hybridized carbons (Fsp3) is 0.636. The van der Waals surface area contributed by atoms with Crippen molar-refractivity contribution < 1.29 is 39.6 Å². The first-order chi connectivity index (χ1) is 9.63. The molecule has 10 nitrogen and oxygen atoms in total. The molecule has 0 radical (unpaired) electrons. The van der Waals surface area contributed by atoms with Crippen molar-refractivity contribution in [3.05, 3.63) is 0 Å². The van der Waals surface area contributed by atoms with Gasteiger partial charge in [-0.2, -0.15) is 0 Å². The van der Waals surface area contributed by atoms with Gasteiger partial charge in [0.25, 0.3) is 0 Å². The summed E-state index contributed by atoms with van der Waals surface area (Å²) in [7, 11) is 0. The molecule has 0 aliphatic rings. The third kappa shape index (κ3) is 8.55. The molecule has 0 saturated heterocycles. The minimum absolute atomic E-state index is 0.0799. The number of nitrogens with zero attached hydrogens (tertiary/aromatic N) is 2. The van der Waals surface area contributed by atoms with Gasteiger partial charge in [0.2, 0.25) is 0 Å². The standard InChI is InChI=1S/C11H18N2O8/c1-7(11(20)21)13(6-10(18)19)3-2-12(4-8(14)15)5-9(16)17/h7H,2-6H2,1H3,(H,14,15)(H,16,17)(H,18,19)(H,20,21)/i4+1,5+1,6+1,7+1. The maximum atomic E-state index is 10.9. The van der Waals surface area contributed by atoms with Crippen LogP contribution in [-0.4, -0.2) is 92.9 Å². The van der Waals surface area contributed by atoms with E-state index in [-0.39, 0.29) is 13.1 Å². The lowest BCUT2D eigenvalue weighted by Crippen LogP contribution is -2.47. The van der Waals surface area contributed by atoms with Crippen LogP contribution in [0.3, 0.4) is 0 Å². The molecule has 4 N–H and O–H groups in total. The first-order valence-corrected chi connectivity index (χ1v) is 5.98. The molecule has 0 fully saturated rings. The van der Waals surface area contributed by atoms with Gasteiger partial charge in [-0.15, -0.1) is 0 Å². The molecule has 0 heterocycles. The zero-order valence-electron chi connectivity index (χ0n) is 11.4. The number of hydrogen-bond donors (Lipinski definition) is 4. The van der Waals surface area contributed by atoms with Crippen molar-refractivity contribution in [2.45, 2.75) is 13.0 Å². The van der Waals surface area contributed by atoms with Crippen LogP contribution in [-0.2, 0) is 19.2 Å². The third-order valence-electron chi connectivity index (χ3n) is 2.66. The van der Waals surface area contributed by atoms with E-state index in [4.69, 9.17) is 20.4 Å². The molecule has 120 valence electrons. The average molecular weight is 310 g/mol. The summed E-state index contributed by atoms with van der Waals surface area (Å²) in [5.41, 5.74) is 0. The van der Waals surface area contributed by atoms with Crippen LogP contribution in [0.15, 0.2) is 0 Å². The van der Waals surface area contributed by atoms with Gasteiger partial charge in [0, 0.05) is 13.1 Å². The van der Waals surface area contributed by atoms with Crippen molar-refractivity contribution >= 4 is 23.9 Å². The van der Waals surface area contributed by atoms with Gasteiger partial charge < -0.3 is 20.4 Å². The van der Waals surface area contributed by atoms with Crippen LogP contribution >= 0.6 is 0 Å². The Bertz CT molecular complexity index is 395. The SMILES string of the molecule is C[13CH](C(=O)O)N(CCN([13CH2]C(=O)O)[13CH2]C(=O)O)[13CH2]C(=O)O. The van der Waals surface area contributed by atoms with Crippen molar-refractivity contribution in [2.75, 3.05) is 32.7 Å². The lowest BCUT2D eigenvalue weighted by atomic mass is 10.5. The summed E-state index contributed by atoms with van der Waals surface area (Å²) < 4.78 is 0. The molecule has 0 aromatic carbocycles. The molecule has 0 aliphatic carbocycles. The van der Waals surface area contributed by atoms with Gasteiger partial charge in [-0.1, -0.05) is 0 Å². The maximum Gasteiger partial charge on any atom is 0.320 e. The van der Waals surface area contributed by atoms with Crippen LogP contribution in [0.1, 0.15) is 6.92 Å². The fourth-order valence-electron chi connectivity index (χ4n) is 1.61. The smallest absolute Gasteiger partial charge is 0.320 e. The molecule has 1 atom stereocenters. The van der Waals surface area contributed by atoms with E-state index in [0.717, 1.165) is 9.80 Å². The van der Waals surface area contributed by atoms with Crippen LogP contribution in [0.4, 0.5) is 0 Å². The van der Waals surface area contributed by atoms with Crippen molar-refractivity contribution in [1.82, 2.24) is 9.80 Å². The van der Waals surface area contributed by atoms with E-state index in [1.165, 1.54) is 6.92 Å². The lowest BCUT2D eigenvalue weighted by molar-refractivity contribution is -0.147. The predicted octanol–water partition coefficient (Wildman–Crippen LogP) is -1.68. The molecule has 0 aromatic rings. The fourth-order valence-corrected chi connectivity index (χ4v) is 1.61. The highest BCUT2D eigenvalue weighted by Crippen LogP contribution is 2.01. The summed E-state index contributed by atoms with van der Waals surface area (Å²) in [6.07, 6.45) is 0. The molecule has 0 aromatic heterocycles. The van der Waals surface area contributed by atoms with E-state index in [0.29, 0.717) is 0 Å². The Balaban J connectivity index is 4.72. The molecule has 0 amide bonds. The molecule has 1 unspecified atom stereocenters. The van der Waals surface area contributed by atoms with Gasteiger partial charge in [-0.3, -0.25) is 29.0 Å². The number of carboxylic acid groups (broad SMARTS) is 4. The highest BCUT2D eigenvalue weighted by atomic mass is 16.4. The summed E-state index contributed by atoms with van der Waals surface area (Å²) >= 11 is 0. The Kier molecular flexibility index (Phi) is 7.94. The van der Waals surface area contributed by atoms with Crippen molar-refractivity contribution in [3.63, 3.8) is 0 Å². The van der Waals surface area contributed by atoms with E-state index in [1.54, 1.807) is 0 Å². The lowest BCUT2D eigenvalue weighted by Gasteiger charge is -2.27. The summed E-state index contributed by atoms with van der Waals surface area (Å²) in [5, 5.41) is 35.0. The summed E-state index contributed by atoms with van der Waals surface area (Å²) in [4.78, 5) is 45.0. The monoisotopic (exact) mass is 310 g/mol. The quantitative estimate of drug-likeness (QED) is 0.325. The molecular formula is C11H18N2O8. The minimum atomic E-state index is -1.23. The predicted molar refractivity (Wildman–Crippen MR) is 68.0 cm³/mol.